The first-order chi connectivity index (χ1) is 17.0. The molecule has 0 unspecified atom stereocenters. The smallest absolute Gasteiger partial charge is 0.361 e. The van der Waals surface area contributed by atoms with Gasteiger partial charge in [-0.1, -0.05) is 18.9 Å². The van der Waals surface area contributed by atoms with E-state index in [4.69, 9.17) is 14.8 Å². The molecule has 1 fully saturated rings. The van der Waals surface area contributed by atoms with Crippen molar-refractivity contribution in [2.24, 2.45) is 0 Å². The number of benzene rings is 1. The molecule has 0 bridgehead atoms. The first-order valence-electron chi connectivity index (χ1n) is 11.8. The lowest BCUT2D eigenvalue weighted by atomic mass is 10.0. The third-order valence-electron chi connectivity index (χ3n) is 6.31. The maximum Gasteiger partial charge on any atom is 0.361 e. The number of carbonyl (C=O) groups excluding carboxylic acids is 1. The number of anilines is 1. The Bertz CT molecular complexity index is 1370. The molecule has 3 heterocycles. The first kappa shape index (κ1) is 25.5. The Hall–Kier alpha value is -3.56. The Balaban J connectivity index is 0.00000304. The highest BCUT2D eigenvalue weighted by Crippen LogP contribution is 2.36. The predicted octanol–water partition coefficient (Wildman–Crippen LogP) is 0.632. The number of nitrogens with one attached hydrogen (secondary N) is 1. The van der Waals surface area contributed by atoms with E-state index in [1.165, 1.54) is 32.1 Å². The van der Waals surface area contributed by atoms with E-state index in [9.17, 15) is 9.18 Å². The second kappa shape index (κ2) is 11.0. The number of nitrogens with zero attached hydrogens (tertiary/aromatic N) is 4. The van der Waals surface area contributed by atoms with Gasteiger partial charge in [0.15, 0.2) is 6.54 Å². The number of quaternary nitrogens is 1. The Morgan fingerprint density at radius 2 is 1.92 bits per heavy atom. The summed E-state index contributed by atoms with van der Waals surface area (Å²) in [6.07, 6.45) is 4.65. The number of aryl methyl sites for hydroxylation is 1. The first-order valence-corrected chi connectivity index (χ1v) is 11.8. The van der Waals surface area contributed by atoms with E-state index >= 15 is 0 Å². The SMILES string of the molecule is COC(=O)C[NH2+]c1cccc2c(-c3cc(C)nc(NC4CCCC4)n3)c(-c3ccc(F)cc3)nn12.[Cl-]. The van der Waals surface area contributed by atoms with E-state index in [-0.39, 0.29) is 30.7 Å². The van der Waals surface area contributed by atoms with Gasteiger partial charge in [-0.3, -0.25) is 5.32 Å². The number of methoxy groups -OCH3 is 1. The molecule has 188 valence electrons. The number of hydrogen-bond donors (Lipinski definition) is 2. The molecule has 0 atom stereocenters. The van der Waals surface area contributed by atoms with Crippen LogP contribution in [0.2, 0.25) is 0 Å². The number of nitrogens with two attached hydrogens (primary N) is 1. The zero-order valence-electron chi connectivity index (χ0n) is 20.2. The van der Waals surface area contributed by atoms with Crippen LogP contribution < -0.4 is 23.0 Å². The number of fused-ring (bicyclic) bond motifs is 1. The fourth-order valence-corrected chi connectivity index (χ4v) is 4.59. The molecule has 1 aliphatic carbocycles. The standard InChI is InChI=1S/C26H27FN6O2.ClH/c1-16-14-20(31-26(29-16)30-19-6-3-4-7-19)24-21-8-5-9-22(28-15-23(34)35-2)33(21)32-25(24)17-10-12-18(27)13-11-17;/h5,8-14,19,28H,3-4,6-7,15H2,1-2H3,(H,29,30,31);1H. The number of halogens is 2. The van der Waals surface area contributed by atoms with Crippen LogP contribution >= 0.6 is 0 Å². The Morgan fingerprint density at radius 1 is 1.17 bits per heavy atom. The molecule has 1 aromatic carbocycles. The summed E-state index contributed by atoms with van der Waals surface area (Å²) in [7, 11) is 1.37. The van der Waals surface area contributed by atoms with Crippen molar-refractivity contribution in [2.75, 3.05) is 19.0 Å². The second-order valence-electron chi connectivity index (χ2n) is 8.81. The lowest BCUT2D eigenvalue weighted by Crippen LogP contribution is -3.00. The number of carbonyl (C=O) groups is 1. The van der Waals surface area contributed by atoms with E-state index in [0.717, 1.165) is 46.7 Å². The van der Waals surface area contributed by atoms with Crippen LogP contribution in [0.5, 0.6) is 0 Å². The highest BCUT2D eigenvalue weighted by Gasteiger charge is 2.22. The van der Waals surface area contributed by atoms with Gasteiger partial charge in [-0.2, -0.15) is 9.61 Å². The lowest BCUT2D eigenvalue weighted by Gasteiger charge is -2.13. The minimum absolute atomic E-state index is 0. The summed E-state index contributed by atoms with van der Waals surface area (Å²) in [6, 6.07) is 14.4. The van der Waals surface area contributed by atoms with Crippen LogP contribution in [0.25, 0.3) is 28.0 Å². The van der Waals surface area contributed by atoms with Crippen molar-refractivity contribution < 1.29 is 31.6 Å². The molecule has 0 saturated heterocycles. The van der Waals surface area contributed by atoms with Crippen molar-refractivity contribution in [2.45, 2.75) is 38.6 Å². The normalized spacial score (nSPS) is 13.5. The van der Waals surface area contributed by atoms with Gasteiger partial charge in [0.2, 0.25) is 11.8 Å². The third-order valence-corrected chi connectivity index (χ3v) is 6.31. The molecule has 0 amide bonds. The third kappa shape index (κ3) is 5.32. The summed E-state index contributed by atoms with van der Waals surface area (Å²) in [4.78, 5) is 21.2. The summed E-state index contributed by atoms with van der Waals surface area (Å²) >= 11 is 0. The molecule has 0 radical (unpaired) electrons. The maximum atomic E-state index is 13.7. The topological polar surface area (TPSA) is 98.0 Å². The van der Waals surface area contributed by atoms with E-state index in [2.05, 4.69) is 10.3 Å². The van der Waals surface area contributed by atoms with Crippen molar-refractivity contribution in [3.63, 3.8) is 0 Å². The van der Waals surface area contributed by atoms with Crippen LogP contribution in [0.3, 0.4) is 0 Å². The average molecular weight is 511 g/mol. The van der Waals surface area contributed by atoms with Crippen molar-refractivity contribution in [1.82, 2.24) is 19.6 Å². The molecule has 3 N–H and O–H groups in total. The van der Waals surface area contributed by atoms with Crippen LogP contribution in [0.1, 0.15) is 31.4 Å². The molecule has 0 aliphatic heterocycles. The number of aromatic nitrogens is 4. The summed E-state index contributed by atoms with van der Waals surface area (Å²) < 4.78 is 20.3. The van der Waals surface area contributed by atoms with Crippen LogP contribution in [-0.2, 0) is 9.53 Å². The number of pyridine rings is 1. The molecule has 8 nitrogen and oxygen atoms in total. The Labute approximate surface area is 214 Å². The van der Waals surface area contributed by atoms with Gasteiger partial charge >= 0.3 is 5.97 Å². The summed E-state index contributed by atoms with van der Waals surface area (Å²) in [5.41, 5.74) is 4.67. The minimum atomic E-state index is -0.331. The zero-order valence-corrected chi connectivity index (χ0v) is 20.9. The van der Waals surface area contributed by atoms with Crippen LogP contribution in [0.4, 0.5) is 16.2 Å². The quantitative estimate of drug-likeness (QED) is 0.354. The molecule has 4 aromatic rings. The number of hydrogen-bond acceptors (Lipinski definition) is 6. The molecule has 1 saturated carbocycles. The van der Waals surface area contributed by atoms with Crippen molar-refractivity contribution in [1.29, 1.82) is 0 Å². The number of esters is 1. The largest absolute Gasteiger partial charge is 1.00 e. The molecule has 5 rings (SSSR count). The van der Waals surface area contributed by atoms with Gasteiger partial charge in [0.05, 0.1) is 23.9 Å². The van der Waals surface area contributed by atoms with E-state index < -0.39 is 0 Å². The van der Waals surface area contributed by atoms with Crippen molar-refractivity contribution in [3.05, 3.63) is 60.0 Å². The van der Waals surface area contributed by atoms with Crippen molar-refractivity contribution >= 4 is 23.3 Å². The molecule has 10 heteroatoms. The fraction of sp³-hybridized carbons (Fsp3) is 0.308. The zero-order chi connectivity index (χ0) is 24.4. The predicted molar refractivity (Wildman–Crippen MR) is 131 cm³/mol. The van der Waals surface area contributed by atoms with E-state index in [1.807, 2.05) is 31.2 Å². The van der Waals surface area contributed by atoms with Gasteiger partial charge in [-0.25, -0.2) is 19.2 Å². The lowest BCUT2D eigenvalue weighted by molar-refractivity contribution is -0.566. The highest BCUT2D eigenvalue weighted by atomic mass is 35.5. The van der Waals surface area contributed by atoms with Crippen LogP contribution in [-0.4, -0.2) is 45.2 Å². The van der Waals surface area contributed by atoms with Gasteiger partial charge in [-0.15, -0.1) is 0 Å². The molecular formula is C26H28ClFN6O2. The van der Waals surface area contributed by atoms with Gasteiger partial charge in [0.25, 0.3) is 0 Å². The van der Waals surface area contributed by atoms with E-state index in [1.54, 1.807) is 22.0 Å². The summed E-state index contributed by atoms with van der Waals surface area (Å²) in [6.45, 7) is 2.07. The summed E-state index contributed by atoms with van der Waals surface area (Å²) in [5, 5.41) is 10.2. The Morgan fingerprint density at radius 3 is 2.64 bits per heavy atom. The van der Waals surface area contributed by atoms with Gasteiger partial charge < -0.3 is 22.5 Å². The minimum Gasteiger partial charge on any atom is -1.00 e. The van der Waals surface area contributed by atoms with Crippen molar-refractivity contribution in [3.8, 4) is 22.5 Å². The van der Waals surface area contributed by atoms with Gasteiger partial charge in [0, 0.05) is 23.4 Å². The molecular weight excluding hydrogens is 483 g/mol. The molecule has 3 aromatic heterocycles. The Kier molecular flexibility index (Phi) is 7.81. The fourth-order valence-electron chi connectivity index (χ4n) is 4.59. The monoisotopic (exact) mass is 510 g/mol. The van der Waals surface area contributed by atoms with Crippen LogP contribution in [0, 0.1) is 12.7 Å². The van der Waals surface area contributed by atoms with Gasteiger partial charge in [0.1, 0.15) is 11.5 Å². The average Bonchev–Trinajstić information content (AvgIpc) is 3.50. The highest BCUT2D eigenvalue weighted by molar-refractivity contribution is 5.91. The molecule has 1 aliphatic rings. The second-order valence-corrected chi connectivity index (χ2v) is 8.81. The maximum absolute atomic E-state index is 13.7. The van der Waals surface area contributed by atoms with Gasteiger partial charge in [-0.05, 0) is 56.2 Å². The number of ether oxygens (including phenoxy) is 1. The molecule has 36 heavy (non-hydrogen) atoms. The summed E-state index contributed by atoms with van der Waals surface area (Å²) in [5.74, 6) is 0.705. The van der Waals surface area contributed by atoms with Crippen LogP contribution in [0.15, 0.2) is 48.5 Å². The molecule has 0 spiro atoms. The van der Waals surface area contributed by atoms with E-state index in [0.29, 0.717) is 17.7 Å². The number of rotatable bonds is 7.